The maximum Gasteiger partial charge on any atom is 0.335 e. The van der Waals surface area contributed by atoms with Gasteiger partial charge in [0.25, 0.3) is 0 Å². The van der Waals surface area contributed by atoms with Crippen LogP contribution in [0.1, 0.15) is 53.7 Å². The maximum atomic E-state index is 10.6. The lowest BCUT2D eigenvalue weighted by molar-refractivity contribution is 0.0697. The highest BCUT2D eigenvalue weighted by atomic mass is 16.4. The van der Waals surface area contributed by atoms with Crippen molar-refractivity contribution in [3.63, 3.8) is 0 Å². The van der Waals surface area contributed by atoms with Crippen LogP contribution in [0.4, 0.5) is 0 Å². The largest absolute Gasteiger partial charge is 0.478 e. The van der Waals surface area contributed by atoms with E-state index in [0.29, 0.717) is 11.6 Å². The van der Waals surface area contributed by atoms with E-state index in [1.54, 1.807) is 12.1 Å². The van der Waals surface area contributed by atoms with Crippen molar-refractivity contribution in [1.82, 2.24) is 16.0 Å². The fourth-order valence-electron chi connectivity index (χ4n) is 3.07. The average molecular weight is 384 g/mol. The van der Waals surface area contributed by atoms with Gasteiger partial charge in [0, 0.05) is 32.2 Å². The predicted octanol–water partition coefficient (Wildman–Crippen LogP) is 3.59. The van der Waals surface area contributed by atoms with E-state index in [-0.39, 0.29) is 0 Å². The number of hydrogen-bond donors (Lipinski definition) is 4. The monoisotopic (exact) mass is 383 g/mol. The standard InChI is InChI=1S/C13H19NO2.C10H14N2/c1-2-3-4-9-14-10-11-5-7-12(8-6-11)13(15)16;1-2-4-9(5-3-1)10-8-11-6-7-12-10/h5-8,14H,2-4,9-10H2,1H3,(H,15,16);1-5,10-12H,6-8H2. The number of piperazine rings is 1. The molecule has 0 bridgehead atoms. The van der Waals surface area contributed by atoms with Gasteiger partial charge in [-0.25, -0.2) is 4.79 Å². The second-order valence-corrected chi connectivity index (χ2v) is 7.01. The molecule has 0 spiro atoms. The van der Waals surface area contributed by atoms with Crippen LogP contribution in [0.3, 0.4) is 0 Å². The van der Waals surface area contributed by atoms with Gasteiger partial charge >= 0.3 is 5.97 Å². The van der Waals surface area contributed by atoms with Gasteiger partial charge in [0.15, 0.2) is 0 Å². The zero-order valence-corrected chi connectivity index (χ0v) is 16.8. The third kappa shape index (κ3) is 8.21. The van der Waals surface area contributed by atoms with E-state index >= 15 is 0 Å². The SMILES string of the molecule is CCCCCNCc1ccc(C(=O)O)cc1.c1ccc(C2CNCCN2)cc1. The summed E-state index contributed by atoms with van der Waals surface area (Å²) in [6, 6.07) is 18.1. The number of carboxylic acids is 1. The molecule has 4 N–H and O–H groups in total. The molecule has 1 aliphatic heterocycles. The van der Waals surface area contributed by atoms with Crippen LogP contribution in [-0.2, 0) is 6.54 Å². The Bertz CT molecular complexity index is 668. The molecule has 2 aromatic carbocycles. The Morgan fingerprint density at radius 2 is 1.82 bits per heavy atom. The van der Waals surface area contributed by atoms with Crippen LogP contribution in [0.5, 0.6) is 0 Å². The van der Waals surface area contributed by atoms with Crippen LogP contribution < -0.4 is 16.0 Å². The molecule has 1 aliphatic rings. The Kier molecular flexibility index (Phi) is 10.3. The van der Waals surface area contributed by atoms with Crippen LogP contribution in [0.15, 0.2) is 54.6 Å². The van der Waals surface area contributed by atoms with Crippen LogP contribution in [-0.4, -0.2) is 37.3 Å². The molecule has 5 nitrogen and oxygen atoms in total. The van der Waals surface area contributed by atoms with Crippen molar-refractivity contribution in [3.8, 4) is 0 Å². The number of benzene rings is 2. The lowest BCUT2D eigenvalue weighted by Gasteiger charge is -2.24. The van der Waals surface area contributed by atoms with Crippen molar-refractivity contribution >= 4 is 5.97 Å². The number of rotatable bonds is 8. The first-order chi connectivity index (χ1) is 13.7. The number of aromatic carboxylic acids is 1. The molecule has 0 amide bonds. The second-order valence-electron chi connectivity index (χ2n) is 7.01. The molecule has 1 unspecified atom stereocenters. The number of unbranched alkanes of at least 4 members (excludes halogenated alkanes) is 2. The van der Waals surface area contributed by atoms with E-state index in [4.69, 9.17) is 5.11 Å². The zero-order valence-electron chi connectivity index (χ0n) is 16.8. The summed E-state index contributed by atoms with van der Waals surface area (Å²) < 4.78 is 0. The van der Waals surface area contributed by atoms with Crippen molar-refractivity contribution in [2.45, 2.75) is 38.8 Å². The smallest absolute Gasteiger partial charge is 0.335 e. The minimum Gasteiger partial charge on any atom is -0.478 e. The molecule has 0 saturated carbocycles. The van der Waals surface area contributed by atoms with Crippen LogP contribution in [0.25, 0.3) is 0 Å². The van der Waals surface area contributed by atoms with E-state index in [9.17, 15) is 4.79 Å². The summed E-state index contributed by atoms with van der Waals surface area (Å²) in [4.78, 5) is 10.6. The van der Waals surface area contributed by atoms with Crippen LogP contribution >= 0.6 is 0 Å². The molecule has 1 heterocycles. The fraction of sp³-hybridized carbons (Fsp3) is 0.435. The highest BCUT2D eigenvalue weighted by Gasteiger charge is 2.12. The van der Waals surface area contributed by atoms with Crippen LogP contribution in [0.2, 0.25) is 0 Å². The minimum absolute atomic E-state index is 0.342. The summed E-state index contributed by atoms with van der Waals surface area (Å²) >= 11 is 0. The van der Waals surface area contributed by atoms with Crippen molar-refractivity contribution in [2.24, 2.45) is 0 Å². The van der Waals surface area contributed by atoms with Gasteiger partial charge in [0.1, 0.15) is 0 Å². The molecule has 0 aromatic heterocycles. The minimum atomic E-state index is -0.873. The Morgan fingerprint density at radius 3 is 2.43 bits per heavy atom. The maximum absolute atomic E-state index is 10.6. The molecule has 1 fully saturated rings. The number of hydrogen-bond acceptors (Lipinski definition) is 4. The molecule has 2 aromatic rings. The second kappa shape index (κ2) is 13.0. The first-order valence-corrected chi connectivity index (χ1v) is 10.2. The van der Waals surface area contributed by atoms with Crippen molar-refractivity contribution < 1.29 is 9.90 Å². The lowest BCUT2D eigenvalue weighted by atomic mass is 10.1. The predicted molar refractivity (Wildman–Crippen MR) is 115 cm³/mol. The summed E-state index contributed by atoms with van der Waals surface area (Å²) in [6.45, 7) is 7.22. The van der Waals surface area contributed by atoms with Crippen molar-refractivity contribution in [3.05, 3.63) is 71.3 Å². The summed E-state index contributed by atoms with van der Waals surface area (Å²) in [5, 5.41) is 18.9. The highest BCUT2D eigenvalue weighted by molar-refractivity contribution is 5.87. The Morgan fingerprint density at radius 1 is 1.07 bits per heavy atom. The first kappa shape index (κ1) is 22.1. The zero-order chi connectivity index (χ0) is 20.0. The van der Waals surface area contributed by atoms with Gasteiger partial charge in [-0.15, -0.1) is 0 Å². The number of carboxylic acid groups (broad SMARTS) is 1. The van der Waals surface area contributed by atoms with Gasteiger partial charge in [-0.05, 0) is 36.2 Å². The van der Waals surface area contributed by atoms with E-state index in [2.05, 4.69) is 53.2 Å². The molecule has 0 radical (unpaired) electrons. The highest BCUT2D eigenvalue weighted by Crippen LogP contribution is 2.12. The molecule has 28 heavy (non-hydrogen) atoms. The fourth-order valence-corrected chi connectivity index (χ4v) is 3.07. The molecule has 3 rings (SSSR count). The first-order valence-electron chi connectivity index (χ1n) is 10.2. The molecule has 152 valence electrons. The van der Waals surface area contributed by atoms with Crippen molar-refractivity contribution in [2.75, 3.05) is 26.2 Å². The van der Waals surface area contributed by atoms with Gasteiger partial charge in [-0.2, -0.15) is 0 Å². The molecule has 1 saturated heterocycles. The topological polar surface area (TPSA) is 73.4 Å². The van der Waals surface area contributed by atoms with E-state index < -0.39 is 5.97 Å². The Balaban J connectivity index is 0.000000207. The summed E-state index contributed by atoms with van der Waals surface area (Å²) in [5.41, 5.74) is 2.85. The summed E-state index contributed by atoms with van der Waals surface area (Å²) in [5.74, 6) is -0.873. The molecule has 1 atom stereocenters. The van der Waals surface area contributed by atoms with E-state index in [1.807, 2.05) is 12.1 Å². The van der Waals surface area contributed by atoms with Gasteiger partial charge in [-0.1, -0.05) is 62.2 Å². The quantitative estimate of drug-likeness (QED) is 0.525. The third-order valence-corrected chi connectivity index (χ3v) is 4.73. The number of nitrogens with one attached hydrogen (secondary N) is 3. The lowest BCUT2D eigenvalue weighted by Crippen LogP contribution is -2.42. The van der Waals surface area contributed by atoms with Gasteiger partial charge < -0.3 is 21.1 Å². The van der Waals surface area contributed by atoms with Crippen LogP contribution in [0, 0.1) is 0 Å². The summed E-state index contributed by atoms with van der Waals surface area (Å²) in [6.07, 6.45) is 3.68. The van der Waals surface area contributed by atoms with Crippen molar-refractivity contribution in [1.29, 1.82) is 0 Å². The Hall–Kier alpha value is -2.21. The van der Waals surface area contributed by atoms with E-state index in [0.717, 1.165) is 38.3 Å². The molecule has 5 heteroatoms. The third-order valence-electron chi connectivity index (χ3n) is 4.73. The average Bonchev–Trinajstić information content (AvgIpc) is 2.76. The van der Waals surface area contributed by atoms with Gasteiger partial charge in [-0.3, -0.25) is 0 Å². The molecule has 0 aliphatic carbocycles. The molecular formula is C23H33N3O2. The Labute approximate surface area is 168 Å². The normalized spacial score (nSPS) is 16.1. The summed E-state index contributed by atoms with van der Waals surface area (Å²) in [7, 11) is 0. The number of carbonyl (C=O) groups is 1. The van der Waals surface area contributed by atoms with Gasteiger partial charge in [0.05, 0.1) is 5.56 Å². The van der Waals surface area contributed by atoms with E-state index in [1.165, 1.54) is 24.8 Å². The van der Waals surface area contributed by atoms with Gasteiger partial charge in [0.2, 0.25) is 0 Å². The molecular weight excluding hydrogens is 350 g/mol.